The van der Waals surface area contributed by atoms with Gasteiger partial charge in [-0.2, -0.15) is 0 Å². The second kappa shape index (κ2) is 5.31. The number of pyridine rings is 1. The first-order chi connectivity index (χ1) is 8.49. The zero-order valence-corrected chi connectivity index (χ0v) is 10.8. The van der Waals surface area contributed by atoms with Crippen molar-refractivity contribution in [1.29, 1.82) is 0 Å². The van der Waals surface area contributed by atoms with E-state index in [-0.39, 0.29) is 12.3 Å². The SMILES string of the molecule is O=S(=O)(CCc1ccccn1)NCC1(O)CNC1. The summed E-state index contributed by atoms with van der Waals surface area (Å²) in [5.41, 5.74) is -0.190. The zero-order valence-electron chi connectivity index (χ0n) is 9.96. The van der Waals surface area contributed by atoms with Crippen LogP contribution in [0.2, 0.25) is 0 Å². The van der Waals surface area contributed by atoms with E-state index in [0.29, 0.717) is 19.5 Å². The Kier molecular flexibility index (Phi) is 3.96. The third kappa shape index (κ3) is 3.74. The Morgan fingerprint density at radius 3 is 2.78 bits per heavy atom. The molecule has 6 nitrogen and oxygen atoms in total. The molecule has 18 heavy (non-hydrogen) atoms. The van der Waals surface area contributed by atoms with Gasteiger partial charge in [0.1, 0.15) is 5.60 Å². The second-order valence-corrected chi connectivity index (χ2v) is 6.47. The fourth-order valence-corrected chi connectivity index (χ4v) is 2.75. The normalized spacial score (nSPS) is 18.3. The third-order valence-corrected chi connectivity index (χ3v) is 4.21. The number of nitrogens with one attached hydrogen (secondary N) is 2. The molecule has 0 bridgehead atoms. The van der Waals surface area contributed by atoms with Gasteiger partial charge < -0.3 is 10.4 Å². The van der Waals surface area contributed by atoms with Gasteiger partial charge in [-0.15, -0.1) is 0 Å². The van der Waals surface area contributed by atoms with Crippen LogP contribution in [-0.2, 0) is 16.4 Å². The van der Waals surface area contributed by atoms with Gasteiger partial charge in [0.15, 0.2) is 0 Å². The van der Waals surface area contributed by atoms with Crippen molar-refractivity contribution in [2.24, 2.45) is 0 Å². The topological polar surface area (TPSA) is 91.3 Å². The van der Waals surface area contributed by atoms with E-state index in [0.717, 1.165) is 5.69 Å². The standard InChI is InChI=1S/C11H17N3O3S/c15-11(7-12-8-11)9-14-18(16,17)6-4-10-3-1-2-5-13-10/h1-3,5,12,14-15H,4,6-9H2. The molecule has 1 fully saturated rings. The summed E-state index contributed by atoms with van der Waals surface area (Å²) >= 11 is 0. The fraction of sp³-hybridized carbons (Fsp3) is 0.545. The Bertz CT molecular complexity index is 486. The van der Waals surface area contributed by atoms with Gasteiger partial charge in [0.25, 0.3) is 0 Å². The Labute approximate surface area is 106 Å². The molecule has 7 heteroatoms. The molecule has 0 aliphatic carbocycles. The molecule has 0 saturated carbocycles. The zero-order chi connectivity index (χ0) is 13.1. The van der Waals surface area contributed by atoms with Crippen molar-refractivity contribution in [3.05, 3.63) is 30.1 Å². The average Bonchev–Trinajstić information content (AvgIpc) is 2.33. The van der Waals surface area contributed by atoms with Gasteiger partial charge in [-0.05, 0) is 12.1 Å². The van der Waals surface area contributed by atoms with Gasteiger partial charge in [-0.1, -0.05) is 6.07 Å². The molecule has 0 amide bonds. The van der Waals surface area contributed by atoms with Crippen LogP contribution in [0.4, 0.5) is 0 Å². The molecule has 1 aliphatic rings. The van der Waals surface area contributed by atoms with E-state index in [1.165, 1.54) is 0 Å². The van der Waals surface area contributed by atoms with Crippen LogP contribution in [0.1, 0.15) is 5.69 Å². The first-order valence-corrected chi connectivity index (χ1v) is 7.45. The minimum Gasteiger partial charge on any atom is -0.386 e. The van der Waals surface area contributed by atoms with Gasteiger partial charge in [0.2, 0.25) is 10.0 Å². The summed E-state index contributed by atoms with van der Waals surface area (Å²) < 4.78 is 25.9. The summed E-state index contributed by atoms with van der Waals surface area (Å²) in [5.74, 6) is -0.0203. The number of rotatable bonds is 6. The van der Waals surface area contributed by atoms with E-state index < -0.39 is 15.6 Å². The number of aryl methyl sites for hydroxylation is 1. The molecule has 0 aromatic carbocycles. The summed E-state index contributed by atoms with van der Waals surface area (Å²) in [6.45, 7) is 0.913. The molecular weight excluding hydrogens is 254 g/mol. The smallest absolute Gasteiger partial charge is 0.212 e. The van der Waals surface area contributed by atoms with E-state index in [4.69, 9.17) is 0 Å². The molecular formula is C11H17N3O3S. The second-order valence-electron chi connectivity index (χ2n) is 4.54. The van der Waals surface area contributed by atoms with Crippen LogP contribution in [0.25, 0.3) is 0 Å². The van der Waals surface area contributed by atoms with Crippen molar-refractivity contribution in [3.8, 4) is 0 Å². The minimum atomic E-state index is -3.37. The van der Waals surface area contributed by atoms with Crippen LogP contribution in [0.3, 0.4) is 0 Å². The quantitative estimate of drug-likeness (QED) is 0.609. The van der Waals surface area contributed by atoms with Gasteiger partial charge in [-0.25, -0.2) is 13.1 Å². The Morgan fingerprint density at radius 1 is 1.44 bits per heavy atom. The molecule has 100 valence electrons. The number of aromatic nitrogens is 1. The van der Waals surface area contributed by atoms with Crippen LogP contribution in [0, 0.1) is 0 Å². The highest BCUT2D eigenvalue weighted by Gasteiger charge is 2.35. The van der Waals surface area contributed by atoms with Crippen molar-refractivity contribution < 1.29 is 13.5 Å². The fourth-order valence-electron chi connectivity index (χ4n) is 1.64. The summed E-state index contributed by atoms with van der Waals surface area (Å²) in [7, 11) is -3.37. The van der Waals surface area contributed by atoms with Gasteiger partial charge in [-0.3, -0.25) is 4.98 Å². The van der Waals surface area contributed by atoms with E-state index >= 15 is 0 Å². The predicted octanol–water partition coefficient (Wildman–Crippen LogP) is -1.12. The van der Waals surface area contributed by atoms with Gasteiger partial charge >= 0.3 is 0 Å². The molecule has 1 saturated heterocycles. The van der Waals surface area contributed by atoms with E-state index in [2.05, 4.69) is 15.0 Å². The highest BCUT2D eigenvalue weighted by Crippen LogP contribution is 2.09. The molecule has 0 radical (unpaired) electrons. The van der Waals surface area contributed by atoms with Crippen LogP contribution in [0.15, 0.2) is 24.4 Å². The molecule has 0 atom stereocenters. The van der Waals surface area contributed by atoms with Crippen molar-refractivity contribution in [2.75, 3.05) is 25.4 Å². The van der Waals surface area contributed by atoms with Crippen LogP contribution < -0.4 is 10.0 Å². The van der Waals surface area contributed by atoms with Crippen LogP contribution in [-0.4, -0.2) is 49.5 Å². The first-order valence-electron chi connectivity index (χ1n) is 5.80. The van der Waals surface area contributed by atoms with Crippen molar-refractivity contribution in [2.45, 2.75) is 12.0 Å². The molecule has 0 unspecified atom stereocenters. The number of sulfonamides is 1. The first kappa shape index (κ1) is 13.4. The maximum atomic E-state index is 11.7. The summed E-state index contributed by atoms with van der Waals surface area (Å²) in [6.07, 6.45) is 2.00. The molecule has 3 N–H and O–H groups in total. The van der Waals surface area contributed by atoms with Gasteiger partial charge in [0.05, 0.1) is 5.75 Å². The van der Waals surface area contributed by atoms with Crippen molar-refractivity contribution >= 4 is 10.0 Å². The van der Waals surface area contributed by atoms with E-state index in [1.807, 2.05) is 6.07 Å². The highest BCUT2D eigenvalue weighted by atomic mass is 32.2. The Hall–Kier alpha value is -1.02. The Balaban J connectivity index is 1.80. The molecule has 1 aromatic rings. The lowest BCUT2D eigenvalue weighted by Gasteiger charge is -2.37. The van der Waals surface area contributed by atoms with Crippen LogP contribution in [0.5, 0.6) is 0 Å². The monoisotopic (exact) mass is 271 g/mol. The maximum absolute atomic E-state index is 11.7. The van der Waals surface area contributed by atoms with Crippen molar-refractivity contribution in [1.82, 2.24) is 15.0 Å². The van der Waals surface area contributed by atoms with Crippen molar-refractivity contribution in [3.63, 3.8) is 0 Å². The number of hydrogen-bond donors (Lipinski definition) is 3. The molecule has 1 aliphatic heterocycles. The molecule has 1 aromatic heterocycles. The summed E-state index contributed by atoms with van der Waals surface area (Å²) in [4.78, 5) is 4.07. The maximum Gasteiger partial charge on any atom is 0.212 e. The van der Waals surface area contributed by atoms with E-state index in [9.17, 15) is 13.5 Å². The molecule has 2 rings (SSSR count). The largest absolute Gasteiger partial charge is 0.386 e. The lowest BCUT2D eigenvalue weighted by molar-refractivity contribution is -0.00396. The number of hydrogen-bond acceptors (Lipinski definition) is 5. The minimum absolute atomic E-state index is 0.0203. The summed E-state index contributed by atoms with van der Waals surface area (Å²) in [6, 6.07) is 5.40. The van der Waals surface area contributed by atoms with Gasteiger partial charge in [0, 0.05) is 37.9 Å². The highest BCUT2D eigenvalue weighted by molar-refractivity contribution is 7.89. The predicted molar refractivity (Wildman–Crippen MR) is 67.6 cm³/mol. The average molecular weight is 271 g/mol. The van der Waals surface area contributed by atoms with Crippen LogP contribution >= 0.6 is 0 Å². The number of β-amino-alcohol motifs (C(OH)–C–C–N with tert-alkyl or cyclic N) is 1. The number of nitrogens with zero attached hydrogens (tertiary/aromatic N) is 1. The third-order valence-electron chi connectivity index (χ3n) is 2.88. The Morgan fingerprint density at radius 2 is 2.22 bits per heavy atom. The molecule has 2 heterocycles. The lowest BCUT2D eigenvalue weighted by atomic mass is 9.98. The lowest BCUT2D eigenvalue weighted by Crippen LogP contribution is -2.64. The van der Waals surface area contributed by atoms with E-state index in [1.54, 1.807) is 18.3 Å². The summed E-state index contributed by atoms with van der Waals surface area (Å²) in [5, 5.41) is 12.7. The number of aliphatic hydroxyl groups is 1. The molecule has 0 spiro atoms.